The van der Waals surface area contributed by atoms with Crippen molar-refractivity contribution in [2.24, 2.45) is 0 Å². The summed E-state index contributed by atoms with van der Waals surface area (Å²) >= 11 is 0. The molecule has 2 nitrogen and oxygen atoms in total. The molecule has 0 spiro atoms. The van der Waals surface area contributed by atoms with Crippen molar-refractivity contribution in [2.75, 3.05) is 7.11 Å². The van der Waals surface area contributed by atoms with E-state index in [2.05, 4.69) is 16.6 Å². The van der Waals surface area contributed by atoms with Gasteiger partial charge in [0.25, 0.3) is 0 Å². The molecule has 0 N–H and O–H groups in total. The van der Waals surface area contributed by atoms with Crippen molar-refractivity contribution in [3.63, 3.8) is 0 Å². The fourth-order valence-electron chi connectivity index (χ4n) is 0.975. The predicted molar refractivity (Wildman–Crippen MR) is 54.8 cm³/mol. The third-order valence-corrected chi connectivity index (χ3v) is 1.74. The van der Waals surface area contributed by atoms with Crippen molar-refractivity contribution in [3.05, 3.63) is 35.9 Å². The van der Waals surface area contributed by atoms with Gasteiger partial charge in [-0.15, -0.1) is 0 Å². The lowest BCUT2D eigenvalue weighted by Crippen LogP contribution is -2.16. The first-order chi connectivity index (χ1) is 7.24. The molecular formula is C12H11FO2. The maximum Gasteiger partial charge on any atom is 0.341 e. The normalized spacial score (nSPS) is 11.1. The highest BCUT2D eigenvalue weighted by atomic mass is 19.1. The smallest absolute Gasteiger partial charge is 0.341 e. The first kappa shape index (κ1) is 11.3. The number of esters is 1. The Hall–Kier alpha value is -1.82. The molecular weight excluding hydrogens is 195 g/mol. The summed E-state index contributed by atoms with van der Waals surface area (Å²) < 4.78 is 17.2. The van der Waals surface area contributed by atoms with Crippen LogP contribution in [0, 0.1) is 11.8 Å². The highest BCUT2D eigenvalue weighted by molar-refractivity contribution is 5.74. The Labute approximate surface area is 88.1 Å². The van der Waals surface area contributed by atoms with E-state index in [0.717, 1.165) is 12.7 Å². The quantitative estimate of drug-likeness (QED) is 0.546. The van der Waals surface area contributed by atoms with Gasteiger partial charge in [-0.3, -0.25) is 0 Å². The van der Waals surface area contributed by atoms with Crippen LogP contribution in [-0.2, 0) is 9.53 Å². The van der Waals surface area contributed by atoms with Crippen molar-refractivity contribution >= 4 is 5.97 Å². The zero-order valence-corrected chi connectivity index (χ0v) is 8.37. The maximum absolute atomic E-state index is 12.9. The van der Waals surface area contributed by atoms with Gasteiger partial charge in [-0.05, 0) is 12.1 Å². The summed E-state index contributed by atoms with van der Waals surface area (Å²) in [4.78, 5) is 10.7. The Kier molecular flexibility index (Phi) is 4.36. The Bertz CT molecular complexity index is 376. The van der Waals surface area contributed by atoms with Crippen molar-refractivity contribution < 1.29 is 13.9 Å². The number of alkyl halides is 1. The van der Waals surface area contributed by atoms with Crippen LogP contribution in [0.4, 0.5) is 4.39 Å². The number of carbonyl (C=O) groups excluding carboxylic acids is 1. The van der Waals surface area contributed by atoms with E-state index < -0.39 is 12.1 Å². The van der Waals surface area contributed by atoms with Crippen LogP contribution in [0.1, 0.15) is 12.0 Å². The van der Waals surface area contributed by atoms with Crippen LogP contribution < -0.4 is 0 Å². The van der Waals surface area contributed by atoms with E-state index in [1.165, 1.54) is 0 Å². The van der Waals surface area contributed by atoms with E-state index in [9.17, 15) is 9.18 Å². The molecule has 0 aliphatic rings. The molecule has 1 rings (SSSR count). The number of ether oxygens (including phenoxy) is 1. The molecule has 0 fully saturated rings. The third kappa shape index (κ3) is 3.82. The second kappa shape index (κ2) is 5.82. The van der Waals surface area contributed by atoms with Gasteiger partial charge >= 0.3 is 5.97 Å². The second-order valence-electron chi connectivity index (χ2n) is 2.86. The molecule has 0 bridgehead atoms. The summed E-state index contributed by atoms with van der Waals surface area (Å²) in [7, 11) is 1.15. The van der Waals surface area contributed by atoms with Gasteiger partial charge < -0.3 is 4.74 Å². The highest BCUT2D eigenvalue weighted by Crippen LogP contribution is 2.00. The van der Waals surface area contributed by atoms with Crippen molar-refractivity contribution in [3.8, 4) is 11.8 Å². The zero-order valence-electron chi connectivity index (χ0n) is 8.37. The standard InChI is InChI=1S/C12H11FO2/c1-15-12(14)11(13)9-5-8-10-6-3-2-4-7-10/h2-4,6-7,11H,9H2,1H3/t11-/m0/s1. The van der Waals surface area contributed by atoms with Gasteiger partial charge in [0.1, 0.15) is 0 Å². The summed E-state index contributed by atoms with van der Waals surface area (Å²) in [5.41, 5.74) is 0.801. The zero-order chi connectivity index (χ0) is 11.1. The van der Waals surface area contributed by atoms with Crippen LogP contribution in [0.2, 0.25) is 0 Å². The monoisotopic (exact) mass is 206 g/mol. The molecule has 3 heteroatoms. The van der Waals surface area contributed by atoms with Crippen molar-refractivity contribution in [1.29, 1.82) is 0 Å². The van der Waals surface area contributed by atoms with Crippen LogP contribution in [0.5, 0.6) is 0 Å². The van der Waals surface area contributed by atoms with E-state index in [1.54, 1.807) is 0 Å². The fourth-order valence-corrected chi connectivity index (χ4v) is 0.975. The van der Waals surface area contributed by atoms with Gasteiger partial charge in [-0.1, -0.05) is 30.0 Å². The molecule has 0 aliphatic carbocycles. The summed E-state index contributed by atoms with van der Waals surface area (Å²) in [5, 5.41) is 0. The lowest BCUT2D eigenvalue weighted by Gasteiger charge is -1.99. The summed E-state index contributed by atoms with van der Waals surface area (Å²) in [6.45, 7) is 0. The first-order valence-electron chi connectivity index (χ1n) is 4.50. The molecule has 15 heavy (non-hydrogen) atoms. The molecule has 0 radical (unpaired) electrons. The Morgan fingerprint density at radius 1 is 1.47 bits per heavy atom. The lowest BCUT2D eigenvalue weighted by molar-refractivity contribution is -0.146. The van der Waals surface area contributed by atoms with Gasteiger partial charge in [0.15, 0.2) is 0 Å². The highest BCUT2D eigenvalue weighted by Gasteiger charge is 2.15. The largest absolute Gasteiger partial charge is 0.467 e. The van der Waals surface area contributed by atoms with Gasteiger partial charge in [0, 0.05) is 5.56 Å². The van der Waals surface area contributed by atoms with Gasteiger partial charge in [-0.2, -0.15) is 0 Å². The number of carbonyl (C=O) groups is 1. The topological polar surface area (TPSA) is 26.3 Å². The van der Waals surface area contributed by atoms with E-state index in [4.69, 9.17) is 0 Å². The Balaban J connectivity index is 2.50. The minimum absolute atomic E-state index is 0.137. The first-order valence-corrected chi connectivity index (χ1v) is 4.50. The van der Waals surface area contributed by atoms with Crippen molar-refractivity contribution in [2.45, 2.75) is 12.6 Å². The van der Waals surface area contributed by atoms with Crippen molar-refractivity contribution in [1.82, 2.24) is 0 Å². The molecule has 78 valence electrons. The number of rotatable bonds is 2. The van der Waals surface area contributed by atoms with E-state index in [1.807, 2.05) is 30.3 Å². The molecule has 1 atom stereocenters. The molecule has 0 unspecified atom stereocenters. The molecule has 0 aliphatic heterocycles. The molecule has 0 amide bonds. The van der Waals surface area contributed by atoms with Crippen LogP contribution in [0.3, 0.4) is 0 Å². The lowest BCUT2D eigenvalue weighted by atomic mass is 10.2. The number of hydrogen-bond acceptors (Lipinski definition) is 2. The number of halogens is 1. The van der Waals surface area contributed by atoms with Crippen LogP contribution in [0.15, 0.2) is 30.3 Å². The third-order valence-electron chi connectivity index (χ3n) is 1.74. The fraction of sp³-hybridized carbons (Fsp3) is 0.250. The average Bonchev–Trinajstić information content (AvgIpc) is 2.29. The van der Waals surface area contributed by atoms with E-state index in [-0.39, 0.29) is 6.42 Å². The molecule has 0 saturated carbocycles. The maximum atomic E-state index is 12.9. The van der Waals surface area contributed by atoms with Crippen LogP contribution >= 0.6 is 0 Å². The van der Waals surface area contributed by atoms with Gasteiger partial charge in [-0.25, -0.2) is 9.18 Å². The summed E-state index contributed by atoms with van der Waals surface area (Å²) in [6, 6.07) is 9.20. The Morgan fingerprint density at radius 3 is 2.73 bits per heavy atom. The Morgan fingerprint density at radius 2 is 2.13 bits per heavy atom. The second-order valence-corrected chi connectivity index (χ2v) is 2.86. The van der Waals surface area contributed by atoms with Gasteiger partial charge in [0.05, 0.1) is 13.5 Å². The molecule has 1 aromatic carbocycles. The summed E-state index contributed by atoms with van der Waals surface area (Å²) in [5.74, 6) is 4.47. The number of hydrogen-bond donors (Lipinski definition) is 0. The predicted octanol–water partition coefficient (Wildman–Crippen LogP) is 1.94. The molecule has 0 heterocycles. The van der Waals surface area contributed by atoms with E-state index >= 15 is 0 Å². The molecule has 0 aromatic heterocycles. The molecule has 0 saturated heterocycles. The average molecular weight is 206 g/mol. The van der Waals surface area contributed by atoms with Crippen LogP contribution in [-0.4, -0.2) is 19.3 Å². The van der Waals surface area contributed by atoms with Crippen LogP contribution in [0.25, 0.3) is 0 Å². The van der Waals surface area contributed by atoms with E-state index in [0.29, 0.717) is 0 Å². The SMILES string of the molecule is COC(=O)[C@@H](F)CC#Cc1ccccc1. The van der Waals surface area contributed by atoms with Gasteiger partial charge in [0.2, 0.25) is 6.17 Å². The molecule has 1 aromatic rings. The summed E-state index contributed by atoms with van der Waals surface area (Å²) in [6.07, 6.45) is -1.80. The minimum Gasteiger partial charge on any atom is -0.467 e. The number of benzene rings is 1. The number of methoxy groups -OCH3 is 1. The minimum atomic E-state index is -1.66.